The Morgan fingerprint density at radius 2 is 1.63 bits per heavy atom. The average Bonchev–Trinajstić information content (AvgIpc) is 3.30. The van der Waals surface area contributed by atoms with E-state index < -0.39 is 20.5 Å². The number of rotatable bonds is 19. The molecule has 1 aliphatic carbocycles. The number of para-hydroxylation sites is 1. The van der Waals surface area contributed by atoms with Crippen molar-refractivity contribution in [3.63, 3.8) is 0 Å². The van der Waals surface area contributed by atoms with Crippen LogP contribution in [0.25, 0.3) is 11.1 Å². The van der Waals surface area contributed by atoms with E-state index in [1.165, 1.54) is 0 Å². The van der Waals surface area contributed by atoms with Crippen LogP contribution in [0.15, 0.2) is 91.0 Å². The van der Waals surface area contributed by atoms with Crippen molar-refractivity contribution in [3.05, 3.63) is 102 Å². The number of hydrogen-bond donors (Lipinski definition) is 5. The van der Waals surface area contributed by atoms with E-state index >= 15 is 0 Å². The third-order valence-corrected chi connectivity index (χ3v) is 18.7. The van der Waals surface area contributed by atoms with Crippen molar-refractivity contribution in [2.24, 2.45) is 5.41 Å². The fourth-order valence-electron chi connectivity index (χ4n) is 9.06. The lowest BCUT2D eigenvalue weighted by molar-refractivity contribution is -0.130. The Bertz CT molecular complexity index is 2370. The lowest BCUT2D eigenvalue weighted by Gasteiger charge is -2.51. The molecule has 0 aromatic heterocycles. The van der Waals surface area contributed by atoms with E-state index in [2.05, 4.69) is 60.0 Å². The molecule has 4 aromatic carbocycles. The number of amides is 4. The Hall–Kier alpha value is -5.74. The van der Waals surface area contributed by atoms with Crippen molar-refractivity contribution in [3.8, 4) is 22.6 Å². The van der Waals surface area contributed by atoms with Gasteiger partial charge in [-0.05, 0) is 117 Å². The van der Waals surface area contributed by atoms with Crippen LogP contribution < -0.4 is 26.0 Å². The molecule has 1 saturated heterocycles. The van der Waals surface area contributed by atoms with Gasteiger partial charge in [-0.2, -0.15) is 0 Å². The smallest absolute Gasteiger partial charge is 0.411 e. The van der Waals surface area contributed by atoms with E-state index in [1.807, 2.05) is 85.9 Å². The predicted octanol–water partition coefficient (Wildman–Crippen LogP) is 9.69. The van der Waals surface area contributed by atoms with Gasteiger partial charge in [-0.1, -0.05) is 81.4 Å². The third kappa shape index (κ3) is 13.1. The Morgan fingerprint density at radius 3 is 2.35 bits per heavy atom. The van der Waals surface area contributed by atoms with Gasteiger partial charge in [0.25, 0.3) is 5.91 Å². The molecule has 15 heteroatoms. The van der Waals surface area contributed by atoms with Gasteiger partial charge in [0.2, 0.25) is 11.8 Å². The first-order valence-corrected chi connectivity index (χ1v) is 27.0. The molecule has 2 fully saturated rings. The molecule has 4 amide bonds. The van der Waals surface area contributed by atoms with Crippen molar-refractivity contribution < 1.29 is 38.2 Å². The molecule has 7 rings (SSSR count). The molecule has 14 nitrogen and oxygen atoms in total. The number of carbonyl (C=O) groups excluding carboxylic acids is 4. The third-order valence-electron chi connectivity index (χ3n) is 14.2. The Kier molecular flexibility index (Phi) is 16.3. The van der Waals surface area contributed by atoms with Crippen molar-refractivity contribution in [2.45, 2.75) is 109 Å². The zero-order valence-electron chi connectivity index (χ0n) is 40.6. The van der Waals surface area contributed by atoms with Crippen LogP contribution in [0.5, 0.6) is 11.5 Å². The summed E-state index contributed by atoms with van der Waals surface area (Å²) in [6.45, 7) is 15.0. The van der Waals surface area contributed by atoms with Gasteiger partial charge in [-0.15, -0.1) is 0 Å². The van der Waals surface area contributed by atoms with E-state index in [4.69, 9.17) is 13.9 Å². The zero-order chi connectivity index (χ0) is 48.5. The van der Waals surface area contributed by atoms with Gasteiger partial charge in [0, 0.05) is 62.9 Å². The minimum atomic E-state index is -2.24. The van der Waals surface area contributed by atoms with Gasteiger partial charge in [-0.25, -0.2) is 4.79 Å². The molecule has 2 aliphatic heterocycles. The summed E-state index contributed by atoms with van der Waals surface area (Å²) in [5.41, 5.74) is 5.71. The summed E-state index contributed by atoms with van der Waals surface area (Å²) in [6.07, 6.45) is 5.18. The number of ether oxygens (including phenoxy) is 2. The monoisotopic (exact) mass is 947 g/mol. The molecule has 3 aliphatic rings. The van der Waals surface area contributed by atoms with Gasteiger partial charge in [0.1, 0.15) is 17.5 Å². The van der Waals surface area contributed by atoms with Crippen LogP contribution >= 0.6 is 0 Å². The number of nitrogens with one attached hydrogen (secondary N) is 4. The van der Waals surface area contributed by atoms with Gasteiger partial charge in [0.05, 0.1) is 11.8 Å². The summed E-state index contributed by atoms with van der Waals surface area (Å²) in [5.74, 6) is 0.103. The topological polar surface area (TPSA) is 171 Å². The second-order valence-electron chi connectivity index (χ2n) is 20.3. The summed E-state index contributed by atoms with van der Waals surface area (Å²) in [6, 6.07) is 28.9. The number of carbonyl (C=O) groups is 4. The Balaban J connectivity index is 0.760. The minimum Gasteiger partial charge on any atom is -0.506 e. The Morgan fingerprint density at radius 1 is 0.926 bits per heavy atom. The van der Waals surface area contributed by atoms with Gasteiger partial charge in [0.15, 0.2) is 20.7 Å². The number of aromatic hydroxyl groups is 1. The molecule has 0 unspecified atom stereocenters. The van der Waals surface area contributed by atoms with Crippen LogP contribution in [0.4, 0.5) is 21.9 Å². The molecule has 1 spiro atoms. The molecule has 0 radical (unpaired) electrons. The van der Waals surface area contributed by atoms with Crippen molar-refractivity contribution >= 4 is 49.2 Å². The number of phenols is 1. The summed E-state index contributed by atoms with van der Waals surface area (Å²) in [4.78, 5) is 54.9. The molecule has 68 heavy (non-hydrogen) atoms. The predicted molar refractivity (Wildman–Crippen MR) is 269 cm³/mol. The molecule has 4 aromatic rings. The van der Waals surface area contributed by atoms with Crippen LogP contribution in [-0.4, -0.2) is 99.5 Å². The van der Waals surface area contributed by atoms with Crippen molar-refractivity contribution in [1.82, 2.24) is 15.1 Å². The van der Waals surface area contributed by atoms with Gasteiger partial charge < -0.3 is 44.8 Å². The normalized spacial score (nSPS) is 16.4. The van der Waals surface area contributed by atoms with Crippen molar-refractivity contribution in [2.75, 3.05) is 62.3 Å². The lowest BCUT2D eigenvalue weighted by Crippen LogP contribution is -2.51. The highest BCUT2D eigenvalue weighted by Gasteiger charge is 2.47. The number of likely N-dealkylation sites (tertiary alicyclic amines) is 1. The Labute approximate surface area is 402 Å². The summed E-state index contributed by atoms with van der Waals surface area (Å²) in [5, 5.41) is 22.6. The first kappa shape index (κ1) is 50.1. The second kappa shape index (κ2) is 22.1. The number of phenolic OH excluding ortho intramolecular Hbond substituents is 1. The van der Waals surface area contributed by atoms with E-state index in [0.29, 0.717) is 44.6 Å². The van der Waals surface area contributed by atoms with E-state index in [0.717, 1.165) is 85.4 Å². The molecule has 1 atom stereocenters. The fourth-order valence-corrected chi connectivity index (χ4v) is 10.3. The standard InChI is InChI=1S/C53H70N6O8Si/c1-52(2,3)68(5,6)67-45(42-23-24-44(60)49-50(42)65-36-47(62)57-49)35-54-34-37-19-21-39(22-20-37)55-46(61)18-12-13-28-58(4)48(63)25-29-59-30-26-53(27-31-59)32-40(33-53)66-51(64)56-43-17-11-10-16-41(43)38-14-8-7-9-15-38/h7-11,14-17,19-24,40,45,54,60H,12-13,18,25-36H2,1-6H3,(H,55,61)(H,56,64)(H,57,62)/t45-/m0/s1. The lowest BCUT2D eigenvalue weighted by atomic mass is 9.61. The molecule has 364 valence electrons. The van der Waals surface area contributed by atoms with E-state index in [-0.39, 0.29) is 52.3 Å². The molecule has 5 N–H and O–H groups in total. The number of benzene rings is 4. The number of fused-ring (bicyclic) bond motifs is 1. The van der Waals surface area contributed by atoms with E-state index in [9.17, 15) is 24.3 Å². The first-order chi connectivity index (χ1) is 32.5. The number of piperidine rings is 1. The molecule has 1 saturated carbocycles. The summed E-state index contributed by atoms with van der Waals surface area (Å²) < 4.78 is 18.5. The van der Waals surface area contributed by atoms with Crippen LogP contribution in [0.3, 0.4) is 0 Å². The van der Waals surface area contributed by atoms with Crippen LogP contribution in [-0.2, 0) is 30.1 Å². The maximum absolute atomic E-state index is 13.0. The number of hydrogen-bond acceptors (Lipinski definition) is 10. The highest BCUT2D eigenvalue weighted by atomic mass is 28.4. The van der Waals surface area contributed by atoms with Crippen LogP contribution in [0.2, 0.25) is 18.1 Å². The highest BCUT2D eigenvalue weighted by molar-refractivity contribution is 6.74. The summed E-state index contributed by atoms with van der Waals surface area (Å²) in [7, 11) is -0.405. The quantitative estimate of drug-likeness (QED) is 0.0347. The second-order valence-corrected chi connectivity index (χ2v) is 25.1. The van der Waals surface area contributed by atoms with Gasteiger partial charge in [-0.3, -0.25) is 19.7 Å². The molecule has 0 bridgehead atoms. The number of nitrogens with zero attached hydrogens (tertiary/aromatic N) is 2. The molecular weight excluding hydrogens is 877 g/mol. The number of unbranched alkanes of at least 4 members (excludes halogenated alkanes) is 1. The van der Waals surface area contributed by atoms with Gasteiger partial charge >= 0.3 is 6.09 Å². The van der Waals surface area contributed by atoms with E-state index in [1.54, 1.807) is 17.0 Å². The molecule has 2 heterocycles. The summed E-state index contributed by atoms with van der Waals surface area (Å²) >= 11 is 0. The molecular formula is C53H70N6O8Si. The average molecular weight is 947 g/mol. The van der Waals surface area contributed by atoms with Crippen molar-refractivity contribution in [1.29, 1.82) is 0 Å². The number of anilines is 3. The minimum absolute atomic E-state index is 0.0471. The van der Waals surface area contributed by atoms with Crippen LogP contribution in [0.1, 0.15) is 89.4 Å². The maximum Gasteiger partial charge on any atom is 0.411 e. The maximum atomic E-state index is 13.0. The first-order valence-electron chi connectivity index (χ1n) is 24.1. The largest absolute Gasteiger partial charge is 0.506 e. The fraction of sp³-hybridized carbons (Fsp3) is 0.472. The van der Waals surface area contributed by atoms with Crippen LogP contribution in [0, 0.1) is 5.41 Å². The SMILES string of the molecule is CN(CCCCC(=O)Nc1ccc(CNC[C@H](O[Si](C)(C)C(C)(C)C)c2ccc(O)c3c2OCC(=O)N3)cc1)C(=O)CCN1CCC2(CC1)CC(OC(=O)Nc1ccccc1-c1ccccc1)C2. The highest BCUT2D eigenvalue weighted by Crippen LogP contribution is 2.51. The zero-order valence-corrected chi connectivity index (χ0v) is 41.6.